The van der Waals surface area contributed by atoms with Gasteiger partial charge in [-0.1, -0.05) is 0 Å². The van der Waals surface area contributed by atoms with Gasteiger partial charge in [-0.05, 0) is 49.7 Å². The largest absolute Gasteiger partial charge is 0.493 e. The van der Waals surface area contributed by atoms with Crippen LogP contribution in [0.15, 0.2) is 18.2 Å². The van der Waals surface area contributed by atoms with Crippen LogP contribution in [-0.4, -0.2) is 43.5 Å². The van der Waals surface area contributed by atoms with E-state index in [1.165, 1.54) is 0 Å². The molecule has 1 saturated heterocycles. The molecule has 6 heteroatoms. The third-order valence-corrected chi connectivity index (χ3v) is 4.31. The summed E-state index contributed by atoms with van der Waals surface area (Å²) in [6.45, 7) is 1.61. The van der Waals surface area contributed by atoms with Crippen molar-refractivity contribution >= 4 is 11.6 Å². The molecular weight excluding hydrogens is 290 g/mol. The predicted molar refractivity (Wildman–Crippen MR) is 79.4 cm³/mol. The number of ether oxygens (including phenoxy) is 1. The number of hydrogen-bond donors (Lipinski definition) is 1. The van der Waals surface area contributed by atoms with Gasteiger partial charge in [0.1, 0.15) is 5.75 Å². The minimum Gasteiger partial charge on any atom is -0.493 e. The highest BCUT2D eigenvalue weighted by Gasteiger charge is 2.26. The summed E-state index contributed by atoms with van der Waals surface area (Å²) in [5.74, 6) is 0.771. The number of hydrogen-bond acceptors (Lipinski definition) is 3. The summed E-state index contributed by atoms with van der Waals surface area (Å²) >= 11 is 0. The Balaban J connectivity index is 1.52. The molecule has 1 amide bonds. The second-order valence-corrected chi connectivity index (χ2v) is 5.88. The Bertz CT molecular complexity index is 543. The molecule has 1 aromatic rings. The number of alkyl halides is 2. The summed E-state index contributed by atoms with van der Waals surface area (Å²) in [5.41, 5.74) is 1.90. The fourth-order valence-electron chi connectivity index (χ4n) is 3.08. The van der Waals surface area contributed by atoms with Crippen LogP contribution in [0, 0.1) is 5.92 Å². The number of likely N-dealkylation sites (tertiary alicyclic amines) is 1. The van der Waals surface area contributed by atoms with E-state index in [1.807, 2.05) is 18.2 Å². The quantitative estimate of drug-likeness (QED) is 0.929. The molecule has 4 nitrogen and oxygen atoms in total. The van der Waals surface area contributed by atoms with Gasteiger partial charge < -0.3 is 10.1 Å². The fourth-order valence-corrected chi connectivity index (χ4v) is 3.08. The molecule has 0 radical (unpaired) electrons. The van der Waals surface area contributed by atoms with Gasteiger partial charge in [-0.2, -0.15) is 0 Å². The summed E-state index contributed by atoms with van der Waals surface area (Å²) in [5, 5.41) is 2.94. The van der Waals surface area contributed by atoms with Gasteiger partial charge in [0.15, 0.2) is 0 Å². The molecule has 0 aliphatic carbocycles. The molecule has 0 bridgehead atoms. The zero-order valence-corrected chi connectivity index (χ0v) is 12.4. The zero-order valence-electron chi connectivity index (χ0n) is 12.4. The third-order valence-electron chi connectivity index (χ3n) is 4.31. The number of benzene rings is 1. The maximum atomic E-state index is 12.3. The first-order chi connectivity index (χ1) is 10.6. The van der Waals surface area contributed by atoms with Crippen molar-refractivity contribution in [1.82, 2.24) is 4.90 Å². The Morgan fingerprint density at radius 3 is 2.86 bits per heavy atom. The molecule has 2 heterocycles. The molecule has 0 saturated carbocycles. The van der Waals surface area contributed by atoms with Gasteiger partial charge >= 0.3 is 0 Å². The molecule has 0 spiro atoms. The van der Waals surface area contributed by atoms with Crippen molar-refractivity contribution in [3.8, 4) is 5.75 Å². The number of fused-ring (bicyclic) bond motifs is 1. The number of halogens is 2. The van der Waals surface area contributed by atoms with Crippen LogP contribution in [0.4, 0.5) is 14.5 Å². The fraction of sp³-hybridized carbons (Fsp3) is 0.562. The number of nitrogens with zero attached hydrogens (tertiary/aromatic N) is 1. The molecular formula is C16H20F2N2O2. The topological polar surface area (TPSA) is 41.6 Å². The van der Waals surface area contributed by atoms with Crippen molar-refractivity contribution in [2.75, 3.05) is 31.6 Å². The summed E-state index contributed by atoms with van der Waals surface area (Å²) in [7, 11) is 0. The van der Waals surface area contributed by atoms with E-state index in [-0.39, 0.29) is 18.4 Å². The molecule has 120 valence electrons. The second-order valence-electron chi connectivity index (χ2n) is 5.88. The smallest absolute Gasteiger partial charge is 0.251 e. The molecule has 0 aromatic heterocycles. The number of carbonyl (C=O) groups is 1. The monoisotopic (exact) mass is 310 g/mol. The number of amides is 1. The van der Waals surface area contributed by atoms with Gasteiger partial charge in [-0.3, -0.25) is 9.69 Å². The van der Waals surface area contributed by atoms with Crippen molar-refractivity contribution in [2.24, 2.45) is 5.92 Å². The number of piperidine rings is 1. The minimum absolute atomic E-state index is 0.0180. The Morgan fingerprint density at radius 2 is 2.14 bits per heavy atom. The van der Waals surface area contributed by atoms with Crippen LogP contribution >= 0.6 is 0 Å². The van der Waals surface area contributed by atoms with Crippen molar-refractivity contribution in [3.05, 3.63) is 23.8 Å². The summed E-state index contributed by atoms with van der Waals surface area (Å²) in [4.78, 5) is 14.0. The van der Waals surface area contributed by atoms with E-state index in [0.717, 1.165) is 23.4 Å². The molecule has 1 aromatic carbocycles. The number of carbonyl (C=O) groups excluding carboxylic acids is 1. The number of rotatable bonds is 4. The number of nitrogens with one attached hydrogen (secondary N) is 1. The van der Waals surface area contributed by atoms with Crippen molar-refractivity contribution in [3.63, 3.8) is 0 Å². The van der Waals surface area contributed by atoms with Crippen LogP contribution in [0.3, 0.4) is 0 Å². The normalized spacial score (nSPS) is 19.0. The molecule has 3 rings (SSSR count). The van der Waals surface area contributed by atoms with Gasteiger partial charge in [0.05, 0.1) is 13.2 Å². The molecule has 22 heavy (non-hydrogen) atoms. The summed E-state index contributed by atoms with van der Waals surface area (Å²) < 4.78 is 30.1. The average Bonchev–Trinajstić information content (AvgIpc) is 2.95. The van der Waals surface area contributed by atoms with Crippen LogP contribution in [0.5, 0.6) is 5.75 Å². The van der Waals surface area contributed by atoms with E-state index in [2.05, 4.69) is 5.32 Å². The van der Waals surface area contributed by atoms with E-state index in [9.17, 15) is 13.6 Å². The van der Waals surface area contributed by atoms with Gasteiger partial charge in [-0.25, -0.2) is 8.78 Å². The van der Waals surface area contributed by atoms with Crippen LogP contribution in [0.2, 0.25) is 0 Å². The third kappa shape index (κ3) is 3.55. The van der Waals surface area contributed by atoms with E-state index in [0.29, 0.717) is 32.5 Å². The second kappa shape index (κ2) is 6.60. The molecule has 2 aliphatic rings. The minimum atomic E-state index is -2.31. The van der Waals surface area contributed by atoms with Gasteiger partial charge in [0.25, 0.3) is 6.43 Å². The molecule has 1 N–H and O–H groups in total. The van der Waals surface area contributed by atoms with E-state index in [1.54, 1.807) is 4.90 Å². The average molecular weight is 310 g/mol. The molecule has 0 unspecified atom stereocenters. The van der Waals surface area contributed by atoms with Crippen LogP contribution in [0.25, 0.3) is 0 Å². The first-order valence-electron chi connectivity index (χ1n) is 7.69. The predicted octanol–water partition coefficient (Wildman–Crippen LogP) is 2.54. The highest BCUT2D eigenvalue weighted by Crippen LogP contribution is 2.28. The molecule has 1 fully saturated rings. The van der Waals surface area contributed by atoms with Crippen LogP contribution < -0.4 is 10.1 Å². The van der Waals surface area contributed by atoms with Crippen LogP contribution in [0.1, 0.15) is 18.4 Å². The van der Waals surface area contributed by atoms with E-state index < -0.39 is 6.43 Å². The lowest BCUT2D eigenvalue weighted by atomic mass is 9.95. The van der Waals surface area contributed by atoms with Crippen molar-refractivity contribution in [2.45, 2.75) is 25.7 Å². The van der Waals surface area contributed by atoms with E-state index >= 15 is 0 Å². The van der Waals surface area contributed by atoms with Crippen molar-refractivity contribution < 1.29 is 18.3 Å². The van der Waals surface area contributed by atoms with Crippen molar-refractivity contribution in [1.29, 1.82) is 0 Å². The van der Waals surface area contributed by atoms with Crippen LogP contribution in [-0.2, 0) is 11.2 Å². The Kier molecular flexibility index (Phi) is 4.57. The maximum Gasteiger partial charge on any atom is 0.251 e. The SMILES string of the molecule is O=C(Nc1ccc2c(c1)CCO2)C1CCN(CC(F)F)CC1. The first-order valence-corrected chi connectivity index (χ1v) is 7.69. The lowest BCUT2D eigenvalue weighted by molar-refractivity contribution is -0.121. The highest BCUT2D eigenvalue weighted by atomic mass is 19.3. The van der Waals surface area contributed by atoms with Gasteiger partial charge in [0, 0.05) is 18.0 Å². The highest BCUT2D eigenvalue weighted by molar-refractivity contribution is 5.92. The summed E-state index contributed by atoms with van der Waals surface area (Å²) in [6, 6.07) is 5.67. The van der Waals surface area contributed by atoms with E-state index in [4.69, 9.17) is 4.74 Å². The summed E-state index contributed by atoms with van der Waals surface area (Å²) in [6.07, 6.45) is -0.177. The lowest BCUT2D eigenvalue weighted by Gasteiger charge is -2.30. The Hall–Kier alpha value is -1.69. The standard InChI is InChI=1S/C16H20F2N2O2/c17-15(18)10-20-6-3-11(4-7-20)16(21)19-13-1-2-14-12(9-13)5-8-22-14/h1-2,9,11,15H,3-8,10H2,(H,19,21). The maximum absolute atomic E-state index is 12.3. The Morgan fingerprint density at radius 1 is 1.36 bits per heavy atom. The van der Waals surface area contributed by atoms with Gasteiger partial charge in [0.2, 0.25) is 5.91 Å². The first kappa shape index (κ1) is 15.2. The lowest BCUT2D eigenvalue weighted by Crippen LogP contribution is -2.40. The zero-order chi connectivity index (χ0) is 15.5. The Labute approximate surface area is 128 Å². The molecule has 2 aliphatic heterocycles. The number of anilines is 1. The van der Waals surface area contributed by atoms with Gasteiger partial charge in [-0.15, -0.1) is 0 Å². The molecule has 0 atom stereocenters.